The van der Waals surface area contributed by atoms with Gasteiger partial charge in [-0.05, 0) is 45.8 Å². The van der Waals surface area contributed by atoms with Crippen LogP contribution < -0.4 is 0 Å². The Labute approximate surface area is 86.7 Å². The van der Waals surface area contributed by atoms with Crippen molar-refractivity contribution in [2.75, 3.05) is 39.8 Å². The van der Waals surface area contributed by atoms with Gasteiger partial charge in [0.05, 0.1) is 5.60 Å². The molecule has 0 aliphatic carbocycles. The molecule has 0 aromatic heterocycles. The first kappa shape index (κ1) is 10.4. The van der Waals surface area contributed by atoms with Gasteiger partial charge in [0.1, 0.15) is 0 Å². The quantitative estimate of drug-likeness (QED) is 0.717. The highest BCUT2D eigenvalue weighted by Gasteiger charge is 2.34. The van der Waals surface area contributed by atoms with Gasteiger partial charge in [-0.15, -0.1) is 0 Å². The number of hydrogen-bond acceptors (Lipinski definition) is 3. The van der Waals surface area contributed by atoms with Crippen LogP contribution in [0.2, 0.25) is 0 Å². The molecule has 14 heavy (non-hydrogen) atoms. The van der Waals surface area contributed by atoms with Gasteiger partial charge >= 0.3 is 0 Å². The summed E-state index contributed by atoms with van der Waals surface area (Å²) in [5.41, 5.74) is -0.392. The highest BCUT2D eigenvalue weighted by atomic mass is 16.3. The lowest BCUT2D eigenvalue weighted by Crippen LogP contribution is -2.36. The smallest absolute Gasteiger partial charge is 0.0798 e. The van der Waals surface area contributed by atoms with Crippen molar-refractivity contribution in [3.63, 3.8) is 0 Å². The third-order valence-corrected chi connectivity index (χ3v) is 3.62. The van der Waals surface area contributed by atoms with E-state index in [1.807, 2.05) is 0 Å². The topological polar surface area (TPSA) is 26.7 Å². The molecule has 3 heteroatoms. The van der Waals surface area contributed by atoms with Crippen molar-refractivity contribution in [2.24, 2.45) is 0 Å². The fraction of sp³-hybridized carbons (Fsp3) is 1.00. The Morgan fingerprint density at radius 1 is 1.21 bits per heavy atom. The van der Waals surface area contributed by atoms with Crippen LogP contribution in [0.3, 0.4) is 0 Å². The number of rotatable bonds is 3. The first-order chi connectivity index (χ1) is 6.68. The normalized spacial score (nSPS) is 35.6. The molecule has 0 aromatic carbocycles. The lowest BCUT2D eigenvalue weighted by molar-refractivity contribution is 0.0345. The third-order valence-electron chi connectivity index (χ3n) is 3.62. The van der Waals surface area contributed by atoms with Crippen LogP contribution in [0.25, 0.3) is 0 Å². The Kier molecular flexibility index (Phi) is 3.10. The summed E-state index contributed by atoms with van der Waals surface area (Å²) in [6.45, 7) is 5.49. The van der Waals surface area contributed by atoms with Crippen LogP contribution in [0, 0.1) is 0 Å². The highest BCUT2D eigenvalue weighted by Crippen LogP contribution is 2.24. The average molecular weight is 198 g/mol. The van der Waals surface area contributed by atoms with Crippen LogP contribution in [0.1, 0.15) is 25.7 Å². The Bertz CT molecular complexity index is 192. The molecular weight excluding hydrogens is 176 g/mol. The molecule has 1 atom stereocenters. The van der Waals surface area contributed by atoms with Gasteiger partial charge in [0.15, 0.2) is 0 Å². The second kappa shape index (κ2) is 4.17. The summed E-state index contributed by atoms with van der Waals surface area (Å²) in [7, 11) is 2.09. The van der Waals surface area contributed by atoms with Crippen LogP contribution in [-0.2, 0) is 0 Å². The second-order valence-electron chi connectivity index (χ2n) is 5.01. The van der Waals surface area contributed by atoms with Gasteiger partial charge in [0, 0.05) is 19.6 Å². The van der Waals surface area contributed by atoms with Gasteiger partial charge in [-0.25, -0.2) is 0 Å². The van der Waals surface area contributed by atoms with Crippen molar-refractivity contribution in [3.05, 3.63) is 0 Å². The van der Waals surface area contributed by atoms with E-state index in [-0.39, 0.29) is 0 Å². The summed E-state index contributed by atoms with van der Waals surface area (Å²) in [6, 6.07) is 0. The van der Waals surface area contributed by atoms with Crippen LogP contribution >= 0.6 is 0 Å². The van der Waals surface area contributed by atoms with Crippen molar-refractivity contribution in [1.29, 1.82) is 0 Å². The van der Waals surface area contributed by atoms with Gasteiger partial charge in [-0.2, -0.15) is 0 Å². The van der Waals surface area contributed by atoms with Crippen molar-refractivity contribution in [3.8, 4) is 0 Å². The summed E-state index contributed by atoms with van der Waals surface area (Å²) < 4.78 is 0. The molecule has 1 N–H and O–H groups in total. The molecule has 2 rings (SSSR count). The summed E-state index contributed by atoms with van der Waals surface area (Å²) in [5.74, 6) is 0. The number of β-amino-alcohol motifs (C(OH)–C–C–N with tert-alkyl or cyclic N) is 1. The summed E-state index contributed by atoms with van der Waals surface area (Å²) in [5, 5.41) is 10.3. The molecule has 1 unspecified atom stereocenters. The molecular formula is C11H22N2O. The summed E-state index contributed by atoms with van der Waals surface area (Å²) >= 11 is 0. The second-order valence-corrected chi connectivity index (χ2v) is 5.01. The van der Waals surface area contributed by atoms with Crippen LogP contribution in [0.15, 0.2) is 0 Å². The molecule has 82 valence electrons. The van der Waals surface area contributed by atoms with Gasteiger partial charge in [-0.3, -0.25) is 0 Å². The number of aliphatic hydroxyl groups is 1. The Hall–Kier alpha value is -0.120. The van der Waals surface area contributed by atoms with Gasteiger partial charge in [0.2, 0.25) is 0 Å². The molecule has 0 spiro atoms. The minimum Gasteiger partial charge on any atom is -0.388 e. The zero-order valence-corrected chi connectivity index (χ0v) is 9.21. The van der Waals surface area contributed by atoms with Gasteiger partial charge in [-0.1, -0.05) is 0 Å². The van der Waals surface area contributed by atoms with E-state index in [2.05, 4.69) is 16.8 Å². The van der Waals surface area contributed by atoms with E-state index < -0.39 is 5.60 Å². The SMILES string of the molecule is CN1CCC(O)(CCN2CCCC2)C1. The molecule has 3 nitrogen and oxygen atoms in total. The van der Waals surface area contributed by atoms with Gasteiger partial charge in [0.25, 0.3) is 0 Å². The Morgan fingerprint density at radius 2 is 1.93 bits per heavy atom. The molecule has 2 heterocycles. The fourth-order valence-electron chi connectivity index (χ4n) is 2.64. The number of likely N-dealkylation sites (tertiary alicyclic amines) is 2. The van der Waals surface area contributed by atoms with E-state index in [1.165, 1.54) is 25.9 Å². The van der Waals surface area contributed by atoms with E-state index in [9.17, 15) is 5.11 Å². The van der Waals surface area contributed by atoms with Crippen molar-refractivity contribution < 1.29 is 5.11 Å². The maximum atomic E-state index is 10.3. The van der Waals surface area contributed by atoms with Crippen LogP contribution in [0.5, 0.6) is 0 Å². The zero-order chi connectivity index (χ0) is 10.0. The molecule has 0 aromatic rings. The largest absolute Gasteiger partial charge is 0.388 e. The monoisotopic (exact) mass is 198 g/mol. The predicted octanol–water partition coefficient (Wildman–Crippen LogP) is 0.539. The van der Waals surface area contributed by atoms with E-state index in [4.69, 9.17) is 0 Å². The Balaban J connectivity index is 1.73. The molecule has 0 bridgehead atoms. The maximum Gasteiger partial charge on any atom is 0.0798 e. The fourth-order valence-corrected chi connectivity index (χ4v) is 2.64. The van der Waals surface area contributed by atoms with Crippen molar-refractivity contribution in [1.82, 2.24) is 9.80 Å². The molecule has 2 aliphatic rings. The first-order valence-electron chi connectivity index (χ1n) is 5.81. The van der Waals surface area contributed by atoms with E-state index in [0.29, 0.717) is 0 Å². The molecule has 2 saturated heterocycles. The van der Waals surface area contributed by atoms with E-state index in [1.54, 1.807) is 0 Å². The molecule has 2 aliphatic heterocycles. The summed E-state index contributed by atoms with van der Waals surface area (Å²) in [4.78, 5) is 4.71. The van der Waals surface area contributed by atoms with Crippen molar-refractivity contribution in [2.45, 2.75) is 31.3 Å². The minimum atomic E-state index is -0.392. The minimum absolute atomic E-state index is 0.392. The van der Waals surface area contributed by atoms with Gasteiger partial charge < -0.3 is 14.9 Å². The molecule has 0 amide bonds. The standard InChI is InChI=1S/C11H22N2O/c1-12-8-4-11(14,10-12)5-9-13-6-2-3-7-13/h14H,2-10H2,1H3. The third kappa shape index (κ3) is 2.47. The summed E-state index contributed by atoms with van der Waals surface area (Å²) in [6.07, 6.45) is 4.60. The van der Waals surface area contributed by atoms with E-state index >= 15 is 0 Å². The van der Waals surface area contributed by atoms with Crippen LogP contribution in [0.4, 0.5) is 0 Å². The van der Waals surface area contributed by atoms with Crippen molar-refractivity contribution >= 4 is 0 Å². The van der Waals surface area contributed by atoms with Crippen LogP contribution in [-0.4, -0.2) is 60.3 Å². The zero-order valence-electron chi connectivity index (χ0n) is 9.21. The van der Waals surface area contributed by atoms with E-state index in [0.717, 1.165) is 32.5 Å². The maximum absolute atomic E-state index is 10.3. The number of nitrogens with zero attached hydrogens (tertiary/aromatic N) is 2. The highest BCUT2D eigenvalue weighted by molar-refractivity contribution is 4.89. The molecule has 0 radical (unpaired) electrons. The average Bonchev–Trinajstić information content (AvgIpc) is 2.73. The first-order valence-corrected chi connectivity index (χ1v) is 5.81. The lowest BCUT2D eigenvalue weighted by Gasteiger charge is -2.25. The predicted molar refractivity (Wildman–Crippen MR) is 57.4 cm³/mol. The molecule has 2 fully saturated rings. The number of hydrogen-bond donors (Lipinski definition) is 1. The number of likely N-dealkylation sites (N-methyl/N-ethyl adjacent to an activating group) is 1. The lowest BCUT2D eigenvalue weighted by atomic mass is 9.99. The Morgan fingerprint density at radius 3 is 2.50 bits per heavy atom. The molecule has 0 saturated carbocycles.